The van der Waals surface area contributed by atoms with Crippen molar-refractivity contribution in [1.29, 1.82) is 0 Å². The van der Waals surface area contributed by atoms with Gasteiger partial charge in [0.1, 0.15) is 0 Å². The third kappa shape index (κ3) is 2.04. The van der Waals surface area contributed by atoms with Gasteiger partial charge in [0, 0.05) is 31.1 Å². The fourth-order valence-corrected chi connectivity index (χ4v) is 3.30. The van der Waals surface area contributed by atoms with Crippen LogP contribution in [0.2, 0.25) is 0 Å². The first kappa shape index (κ1) is 12.9. The highest BCUT2D eigenvalue weighted by atomic mass is 16.5. The average molecular weight is 286 g/mol. The summed E-state index contributed by atoms with van der Waals surface area (Å²) in [4.78, 5) is 14.9. The molecule has 4 heterocycles. The predicted molar refractivity (Wildman–Crippen MR) is 77.4 cm³/mol. The molecule has 21 heavy (non-hydrogen) atoms. The molecule has 2 saturated heterocycles. The van der Waals surface area contributed by atoms with Gasteiger partial charge in [-0.2, -0.15) is 0 Å². The zero-order chi connectivity index (χ0) is 14.3. The number of aromatic nitrogens is 1. The molecule has 0 saturated carbocycles. The van der Waals surface area contributed by atoms with Crippen molar-refractivity contribution in [1.82, 2.24) is 9.30 Å². The highest BCUT2D eigenvalue weighted by Crippen LogP contribution is 2.31. The van der Waals surface area contributed by atoms with Crippen molar-refractivity contribution in [2.45, 2.75) is 12.0 Å². The third-order valence-electron chi connectivity index (χ3n) is 4.48. The summed E-state index contributed by atoms with van der Waals surface area (Å²) in [6, 6.07) is 7.89. The Kier molecular flexibility index (Phi) is 2.97. The Labute approximate surface area is 123 Å². The fraction of sp³-hybridized carbons (Fsp3) is 0.438. The second-order valence-electron chi connectivity index (χ2n) is 5.80. The molecule has 0 unspecified atom stereocenters. The number of ether oxygens (including phenoxy) is 2. The summed E-state index contributed by atoms with van der Waals surface area (Å²) in [6.07, 6.45) is 4.71. The number of hydrogen-bond acceptors (Lipinski definition) is 3. The Bertz CT molecular complexity index is 640. The Morgan fingerprint density at radius 3 is 2.86 bits per heavy atom. The van der Waals surface area contributed by atoms with E-state index in [9.17, 15) is 4.79 Å². The van der Waals surface area contributed by atoms with Crippen LogP contribution >= 0.6 is 0 Å². The highest BCUT2D eigenvalue weighted by molar-refractivity contribution is 5.96. The van der Waals surface area contributed by atoms with Crippen LogP contribution in [0.15, 0.2) is 36.7 Å². The van der Waals surface area contributed by atoms with Gasteiger partial charge in [-0.05, 0) is 24.6 Å². The lowest BCUT2D eigenvalue weighted by molar-refractivity contribution is -0.0550. The molecule has 0 bridgehead atoms. The second-order valence-corrected chi connectivity index (χ2v) is 5.80. The number of fused-ring (bicyclic) bond motifs is 1. The first-order valence-electron chi connectivity index (χ1n) is 7.33. The number of amides is 1. The summed E-state index contributed by atoms with van der Waals surface area (Å²) in [5, 5.41) is 0. The lowest BCUT2D eigenvalue weighted by atomic mass is 9.95. The van der Waals surface area contributed by atoms with Gasteiger partial charge in [0.2, 0.25) is 0 Å². The van der Waals surface area contributed by atoms with Gasteiger partial charge in [0.05, 0.1) is 30.9 Å². The molecule has 4 rings (SSSR count). The van der Waals surface area contributed by atoms with E-state index >= 15 is 0 Å². The van der Waals surface area contributed by atoms with E-state index in [2.05, 4.69) is 0 Å². The molecule has 5 heteroatoms. The summed E-state index contributed by atoms with van der Waals surface area (Å²) in [6.45, 7) is 3.08. The molecule has 1 amide bonds. The van der Waals surface area contributed by atoms with E-state index < -0.39 is 0 Å². The predicted octanol–water partition coefficient (Wildman–Crippen LogP) is 1.57. The molecule has 2 aromatic rings. The molecule has 110 valence electrons. The quantitative estimate of drug-likeness (QED) is 0.799. The van der Waals surface area contributed by atoms with E-state index in [0.717, 1.165) is 17.5 Å². The molecule has 1 spiro atoms. The van der Waals surface area contributed by atoms with Crippen LogP contribution in [0.25, 0.3) is 5.52 Å². The minimum Gasteiger partial charge on any atom is -0.379 e. The SMILES string of the molecule is O=C(c1cc2ccccn2c1)N1CCOC[C@@]12CCOC2. The Balaban J connectivity index is 1.69. The minimum atomic E-state index is -0.274. The fourth-order valence-electron chi connectivity index (χ4n) is 3.30. The van der Waals surface area contributed by atoms with E-state index in [0.29, 0.717) is 33.0 Å². The van der Waals surface area contributed by atoms with Crippen LogP contribution < -0.4 is 0 Å². The van der Waals surface area contributed by atoms with Gasteiger partial charge >= 0.3 is 0 Å². The standard InChI is InChI=1S/C16H18N2O3/c19-15(13-9-14-3-1-2-5-17(14)10-13)18-6-8-21-12-16(18)4-7-20-11-16/h1-3,5,9-10H,4,6-8,11-12H2/t16-/m0/s1. The lowest BCUT2D eigenvalue weighted by Gasteiger charge is -2.43. The highest BCUT2D eigenvalue weighted by Gasteiger charge is 2.45. The van der Waals surface area contributed by atoms with E-state index in [1.165, 1.54) is 0 Å². The van der Waals surface area contributed by atoms with Crippen LogP contribution in [0.5, 0.6) is 0 Å². The monoisotopic (exact) mass is 286 g/mol. The number of carbonyl (C=O) groups is 1. The zero-order valence-corrected chi connectivity index (χ0v) is 11.8. The van der Waals surface area contributed by atoms with Gasteiger partial charge < -0.3 is 18.8 Å². The Morgan fingerprint density at radius 1 is 1.19 bits per heavy atom. The molecule has 2 aromatic heterocycles. The van der Waals surface area contributed by atoms with Crippen molar-refractivity contribution in [3.8, 4) is 0 Å². The maximum Gasteiger partial charge on any atom is 0.256 e. The van der Waals surface area contributed by atoms with E-state index in [1.54, 1.807) is 0 Å². The number of carbonyl (C=O) groups excluding carboxylic acids is 1. The number of nitrogens with zero attached hydrogens (tertiary/aromatic N) is 2. The minimum absolute atomic E-state index is 0.0764. The smallest absolute Gasteiger partial charge is 0.256 e. The summed E-state index contributed by atoms with van der Waals surface area (Å²) in [7, 11) is 0. The van der Waals surface area contributed by atoms with E-state index in [1.807, 2.05) is 46.0 Å². The summed E-state index contributed by atoms with van der Waals surface area (Å²) >= 11 is 0. The lowest BCUT2D eigenvalue weighted by Crippen LogP contribution is -2.59. The van der Waals surface area contributed by atoms with Crippen molar-refractivity contribution >= 4 is 11.4 Å². The van der Waals surface area contributed by atoms with Crippen LogP contribution in [-0.2, 0) is 9.47 Å². The van der Waals surface area contributed by atoms with Crippen LogP contribution in [0.4, 0.5) is 0 Å². The average Bonchev–Trinajstić information content (AvgIpc) is 3.14. The van der Waals surface area contributed by atoms with Crippen LogP contribution in [0.1, 0.15) is 16.8 Å². The van der Waals surface area contributed by atoms with Gasteiger partial charge in [-0.25, -0.2) is 0 Å². The zero-order valence-electron chi connectivity index (χ0n) is 11.8. The number of hydrogen-bond donors (Lipinski definition) is 0. The molecular formula is C16H18N2O3. The molecule has 2 aliphatic rings. The first-order valence-corrected chi connectivity index (χ1v) is 7.33. The van der Waals surface area contributed by atoms with Gasteiger partial charge in [0.25, 0.3) is 5.91 Å². The largest absolute Gasteiger partial charge is 0.379 e. The first-order chi connectivity index (χ1) is 10.3. The topological polar surface area (TPSA) is 43.2 Å². The molecule has 0 aromatic carbocycles. The van der Waals surface area contributed by atoms with Crippen molar-refractivity contribution in [2.75, 3.05) is 33.0 Å². The Morgan fingerprint density at radius 2 is 2.05 bits per heavy atom. The summed E-state index contributed by atoms with van der Waals surface area (Å²) in [5.74, 6) is 0.0764. The molecule has 2 aliphatic heterocycles. The van der Waals surface area contributed by atoms with E-state index in [4.69, 9.17) is 9.47 Å². The molecule has 0 N–H and O–H groups in total. The van der Waals surface area contributed by atoms with Gasteiger partial charge in [-0.1, -0.05) is 6.07 Å². The summed E-state index contributed by atoms with van der Waals surface area (Å²) < 4.78 is 13.1. The van der Waals surface area contributed by atoms with Crippen LogP contribution in [0.3, 0.4) is 0 Å². The third-order valence-corrected chi connectivity index (χ3v) is 4.48. The van der Waals surface area contributed by atoms with Gasteiger partial charge in [0.15, 0.2) is 0 Å². The van der Waals surface area contributed by atoms with Gasteiger partial charge in [-0.3, -0.25) is 4.79 Å². The van der Waals surface area contributed by atoms with E-state index in [-0.39, 0.29) is 11.4 Å². The van der Waals surface area contributed by atoms with Crippen molar-refractivity contribution in [3.05, 3.63) is 42.2 Å². The Hall–Kier alpha value is -1.85. The van der Waals surface area contributed by atoms with Gasteiger partial charge in [-0.15, -0.1) is 0 Å². The summed E-state index contributed by atoms with van der Waals surface area (Å²) in [5.41, 5.74) is 1.49. The van der Waals surface area contributed by atoms with Crippen molar-refractivity contribution < 1.29 is 14.3 Å². The number of rotatable bonds is 1. The molecular weight excluding hydrogens is 268 g/mol. The van der Waals surface area contributed by atoms with Crippen molar-refractivity contribution in [2.24, 2.45) is 0 Å². The molecule has 1 atom stereocenters. The second kappa shape index (κ2) is 4.86. The molecule has 0 radical (unpaired) electrons. The number of pyridine rings is 1. The normalized spacial score (nSPS) is 25.8. The molecule has 2 fully saturated rings. The maximum absolute atomic E-state index is 12.9. The molecule has 0 aliphatic carbocycles. The van der Waals surface area contributed by atoms with Crippen molar-refractivity contribution in [3.63, 3.8) is 0 Å². The molecule has 5 nitrogen and oxygen atoms in total. The number of morpholine rings is 1. The van der Waals surface area contributed by atoms with Crippen LogP contribution in [0, 0.1) is 0 Å². The van der Waals surface area contributed by atoms with Crippen LogP contribution in [-0.4, -0.2) is 53.7 Å². The maximum atomic E-state index is 12.9.